The Bertz CT molecular complexity index is 426. The first-order chi connectivity index (χ1) is 8.90. The van der Waals surface area contributed by atoms with Gasteiger partial charge < -0.3 is 4.42 Å². The molecule has 2 nitrogen and oxygen atoms in total. The van der Waals surface area contributed by atoms with Crippen LogP contribution in [0.25, 0.3) is 11.1 Å². The number of para-hydroxylation sites is 2. The molecule has 1 heterocycles. The lowest BCUT2D eigenvalue weighted by Crippen LogP contribution is -1.85. The van der Waals surface area contributed by atoms with Crippen molar-refractivity contribution in [1.29, 1.82) is 0 Å². The summed E-state index contributed by atoms with van der Waals surface area (Å²) in [5, 5.41) is 0. The summed E-state index contributed by atoms with van der Waals surface area (Å²) in [6.07, 6.45) is 7.58. The predicted molar refractivity (Wildman–Crippen MR) is 77.7 cm³/mol. The van der Waals surface area contributed by atoms with Gasteiger partial charge in [-0.15, -0.1) is 6.58 Å². The first-order valence-electron chi connectivity index (χ1n) is 6.85. The second-order valence-corrected chi connectivity index (χ2v) is 3.96. The molecule has 2 rings (SSSR count). The lowest BCUT2D eigenvalue weighted by Gasteiger charge is -1.95. The fourth-order valence-corrected chi connectivity index (χ4v) is 1.77. The number of hydrogen-bond donors (Lipinski definition) is 0. The molecule has 2 heteroatoms. The average molecular weight is 245 g/mol. The molecule has 18 heavy (non-hydrogen) atoms. The molecule has 2 aromatic rings. The Morgan fingerprint density at radius 1 is 1.17 bits per heavy atom. The van der Waals surface area contributed by atoms with Gasteiger partial charge in [0.2, 0.25) is 0 Å². The van der Waals surface area contributed by atoms with Crippen LogP contribution in [0.3, 0.4) is 0 Å². The van der Waals surface area contributed by atoms with Crippen molar-refractivity contribution in [1.82, 2.24) is 4.98 Å². The molecule has 0 saturated heterocycles. The van der Waals surface area contributed by atoms with Crippen LogP contribution in [0.4, 0.5) is 0 Å². The molecule has 1 aromatic carbocycles. The van der Waals surface area contributed by atoms with Gasteiger partial charge in [0.1, 0.15) is 5.52 Å². The smallest absolute Gasteiger partial charge is 0.195 e. The Morgan fingerprint density at radius 2 is 1.94 bits per heavy atom. The number of allylic oxidation sites excluding steroid dienone is 1. The topological polar surface area (TPSA) is 26.0 Å². The molecule has 0 N–H and O–H groups in total. The minimum absolute atomic E-state index is 0.861. The van der Waals surface area contributed by atoms with Crippen LogP contribution in [0.15, 0.2) is 41.3 Å². The number of oxazole rings is 1. The van der Waals surface area contributed by atoms with E-state index >= 15 is 0 Å². The molecule has 98 valence electrons. The molecule has 0 aliphatic carbocycles. The van der Waals surface area contributed by atoms with Crippen LogP contribution in [0, 0.1) is 0 Å². The van der Waals surface area contributed by atoms with Crippen LogP contribution in [-0.2, 0) is 6.42 Å². The van der Waals surface area contributed by atoms with Gasteiger partial charge >= 0.3 is 0 Å². The maximum absolute atomic E-state index is 5.64. The molecule has 0 atom stereocenters. The Labute approximate surface area is 110 Å². The lowest BCUT2D eigenvalue weighted by atomic mass is 10.1. The first kappa shape index (κ1) is 14.5. The number of rotatable bonds is 6. The quantitative estimate of drug-likeness (QED) is 0.520. The zero-order valence-electron chi connectivity index (χ0n) is 11.5. The summed E-state index contributed by atoms with van der Waals surface area (Å²) >= 11 is 0. The summed E-state index contributed by atoms with van der Waals surface area (Å²) in [5.74, 6) is 0.861. The SMILES string of the molecule is C=CCCCCCc1nc2ccccc2o1.CC. The maximum atomic E-state index is 5.64. The molecule has 1 aromatic heterocycles. The fourth-order valence-electron chi connectivity index (χ4n) is 1.77. The number of unbranched alkanes of at least 4 members (excludes halogenated alkanes) is 3. The van der Waals surface area contributed by atoms with E-state index in [4.69, 9.17) is 4.42 Å². The van der Waals surface area contributed by atoms with Crippen LogP contribution in [0.1, 0.15) is 45.4 Å². The summed E-state index contributed by atoms with van der Waals surface area (Å²) < 4.78 is 5.64. The summed E-state index contributed by atoms with van der Waals surface area (Å²) in [6, 6.07) is 7.91. The normalized spacial score (nSPS) is 9.89. The van der Waals surface area contributed by atoms with E-state index in [1.54, 1.807) is 0 Å². The number of nitrogens with zero attached hydrogens (tertiary/aromatic N) is 1. The van der Waals surface area contributed by atoms with E-state index in [0.717, 1.165) is 36.3 Å². The van der Waals surface area contributed by atoms with Crippen LogP contribution in [0.5, 0.6) is 0 Å². The van der Waals surface area contributed by atoms with Crippen molar-refractivity contribution in [2.75, 3.05) is 0 Å². The van der Waals surface area contributed by atoms with Gasteiger partial charge in [-0.25, -0.2) is 4.98 Å². The minimum atomic E-state index is 0.861. The molecule has 0 unspecified atom stereocenters. The van der Waals surface area contributed by atoms with E-state index in [2.05, 4.69) is 11.6 Å². The number of hydrogen-bond acceptors (Lipinski definition) is 2. The third-order valence-corrected chi connectivity index (χ3v) is 2.64. The van der Waals surface area contributed by atoms with Gasteiger partial charge in [0, 0.05) is 6.42 Å². The molecule has 0 saturated carbocycles. The lowest BCUT2D eigenvalue weighted by molar-refractivity contribution is 0.510. The van der Waals surface area contributed by atoms with Crippen LogP contribution in [-0.4, -0.2) is 4.98 Å². The molecule has 0 bridgehead atoms. The van der Waals surface area contributed by atoms with Crippen molar-refractivity contribution in [2.24, 2.45) is 0 Å². The fraction of sp³-hybridized carbons (Fsp3) is 0.438. The highest BCUT2D eigenvalue weighted by Gasteiger charge is 2.03. The van der Waals surface area contributed by atoms with Gasteiger partial charge in [-0.05, 0) is 31.4 Å². The van der Waals surface area contributed by atoms with Crippen molar-refractivity contribution in [3.05, 3.63) is 42.8 Å². The van der Waals surface area contributed by atoms with Crippen LogP contribution >= 0.6 is 0 Å². The highest BCUT2D eigenvalue weighted by molar-refractivity contribution is 5.72. The Hall–Kier alpha value is -1.57. The van der Waals surface area contributed by atoms with Crippen molar-refractivity contribution in [3.8, 4) is 0 Å². The second kappa shape index (κ2) is 8.51. The first-order valence-corrected chi connectivity index (χ1v) is 6.85. The minimum Gasteiger partial charge on any atom is -0.441 e. The number of aromatic nitrogens is 1. The standard InChI is InChI=1S/C14H17NO.C2H6/c1-2-3-4-5-6-11-14-15-12-9-7-8-10-13(12)16-14;1-2/h2,7-10H,1,3-6,11H2;1-2H3. The molecule has 0 amide bonds. The highest BCUT2D eigenvalue weighted by Crippen LogP contribution is 2.16. The Morgan fingerprint density at radius 3 is 2.67 bits per heavy atom. The van der Waals surface area contributed by atoms with Crippen molar-refractivity contribution >= 4 is 11.1 Å². The van der Waals surface area contributed by atoms with E-state index in [0.29, 0.717) is 0 Å². The van der Waals surface area contributed by atoms with Crippen molar-refractivity contribution in [2.45, 2.75) is 46.0 Å². The molecule has 0 spiro atoms. The summed E-state index contributed by atoms with van der Waals surface area (Å²) in [4.78, 5) is 4.44. The number of aryl methyl sites for hydroxylation is 1. The largest absolute Gasteiger partial charge is 0.441 e. The number of benzene rings is 1. The highest BCUT2D eigenvalue weighted by atomic mass is 16.3. The van der Waals surface area contributed by atoms with E-state index in [9.17, 15) is 0 Å². The van der Waals surface area contributed by atoms with Crippen molar-refractivity contribution in [3.63, 3.8) is 0 Å². The van der Waals surface area contributed by atoms with Gasteiger partial charge in [-0.2, -0.15) is 0 Å². The van der Waals surface area contributed by atoms with Crippen LogP contribution in [0.2, 0.25) is 0 Å². The van der Waals surface area contributed by atoms with Crippen LogP contribution < -0.4 is 0 Å². The molecule has 0 radical (unpaired) electrons. The van der Waals surface area contributed by atoms with E-state index in [1.807, 2.05) is 44.2 Å². The maximum Gasteiger partial charge on any atom is 0.195 e. The summed E-state index contributed by atoms with van der Waals surface area (Å²) in [5.41, 5.74) is 1.85. The molecular weight excluding hydrogens is 222 g/mol. The number of fused-ring (bicyclic) bond motifs is 1. The third-order valence-electron chi connectivity index (χ3n) is 2.64. The van der Waals surface area contributed by atoms with Gasteiger partial charge in [-0.3, -0.25) is 0 Å². The van der Waals surface area contributed by atoms with Gasteiger partial charge in [0.15, 0.2) is 11.5 Å². The predicted octanol–water partition coefficient (Wildman–Crippen LogP) is 5.14. The van der Waals surface area contributed by atoms with E-state index in [-0.39, 0.29) is 0 Å². The molecule has 0 aliphatic heterocycles. The third kappa shape index (κ3) is 4.36. The monoisotopic (exact) mass is 245 g/mol. The zero-order chi connectivity index (χ0) is 13.2. The molecule has 0 aliphatic rings. The van der Waals surface area contributed by atoms with Crippen molar-refractivity contribution < 1.29 is 4.42 Å². The second-order valence-electron chi connectivity index (χ2n) is 3.96. The molecular formula is C16H23NO. The van der Waals surface area contributed by atoms with Gasteiger partial charge in [-0.1, -0.05) is 38.5 Å². The molecule has 0 fully saturated rings. The average Bonchev–Trinajstić information content (AvgIpc) is 2.83. The van der Waals surface area contributed by atoms with E-state index in [1.165, 1.54) is 12.8 Å². The summed E-state index contributed by atoms with van der Waals surface area (Å²) in [6.45, 7) is 7.71. The van der Waals surface area contributed by atoms with Gasteiger partial charge in [0.05, 0.1) is 0 Å². The van der Waals surface area contributed by atoms with Gasteiger partial charge in [0.25, 0.3) is 0 Å². The Balaban J connectivity index is 0.000000771. The van der Waals surface area contributed by atoms with E-state index < -0.39 is 0 Å². The Kier molecular flexibility index (Phi) is 6.85. The summed E-state index contributed by atoms with van der Waals surface area (Å²) in [7, 11) is 0. The zero-order valence-corrected chi connectivity index (χ0v) is 11.5.